The summed E-state index contributed by atoms with van der Waals surface area (Å²) in [4.78, 5) is 15.0. The topological polar surface area (TPSA) is 69.7 Å². The van der Waals surface area contributed by atoms with Crippen LogP contribution in [0, 0.1) is 0 Å². The van der Waals surface area contributed by atoms with E-state index in [-0.39, 0.29) is 6.42 Å². The quantitative estimate of drug-likeness (QED) is 0.258. The van der Waals surface area contributed by atoms with E-state index in [1.54, 1.807) is 0 Å². The minimum Gasteiger partial charge on any atom is -0.282 e. The minimum atomic E-state index is -3.11. The highest BCUT2D eigenvalue weighted by molar-refractivity contribution is 7.67. The third-order valence-electron chi connectivity index (χ3n) is 2.68. The van der Waals surface area contributed by atoms with Crippen molar-refractivity contribution < 1.29 is 22.4 Å². The summed E-state index contributed by atoms with van der Waals surface area (Å²) in [5, 5.41) is 0. The average Bonchev–Trinajstić information content (AvgIpc) is 2.34. The van der Waals surface area contributed by atoms with Gasteiger partial charge in [-0.05, 0) is 6.42 Å². The average molecular weight is 280 g/mol. The van der Waals surface area contributed by atoms with E-state index < -0.39 is 17.0 Å². The predicted octanol–water partition coefficient (Wildman–Crippen LogP) is 2.91. The first-order valence-corrected chi connectivity index (χ1v) is 7.78. The molecule has 0 bridgehead atoms. The van der Waals surface area contributed by atoms with Crippen molar-refractivity contribution in [2.45, 2.75) is 71.1 Å². The van der Waals surface area contributed by atoms with Gasteiger partial charge in [0.15, 0.2) is 0 Å². The Bertz CT molecular complexity index is 268. The minimum absolute atomic E-state index is 0.207. The van der Waals surface area contributed by atoms with E-state index in [9.17, 15) is 13.2 Å². The Morgan fingerprint density at radius 2 is 1.39 bits per heavy atom. The molecule has 0 aromatic carbocycles. The zero-order valence-electron chi connectivity index (χ0n) is 11.1. The number of rotatable bonds is 12. The second kappa shape index (κ2) is 12.8. The number of unbranched alkanes of at least 4 members (excludes halogenated alkanes) is 8. The summed E-state index contributed by atoms with van der Waals surface area (Å²) in [5.74, 6) is -0.628. The summed E-state index contributed by atoms with van der Waals surface area (Å²) in [6.45, 7) is 2.20. The van der Waals surface area contributed by atoms with Crippen molar-refractivity contribution in [1.29, 1.82) is 0 Å². The van der Waals surface area contributed by atoms with Crippen molar-refractivity contribution in [1.82, 2.24) is 0 Å². The van der Waals surface area contributed by atoms with Crippen LogP contribution in [0.5, 0.6) is 0 Å². The Balaban J connectivity index is 3.17. The molecule has 0 saturated carbocycles. The van der Waals surface area contributed by atoms with Crippen LogP contribution in [0.25, 0.3) is 0 Å². The van der Waals surface area contributed by atoms with Gasteiger partial charge < -0.3 is 0 Å². The van der Waals surface area contributed by atoms with Crippen LogP contribution in [0.1, 0.15) is 71.1 Å². The second-order valence-electron chi connectivity index (χ2n) is 4.33. The first-order chi connectivity index (χ1) is 8.66. The molecule has 0 amide bonds. The fourth-order valence-electron chi connectivity index (χ4n) is 1.69. The van der Waals surface area contributed by atoms with Crippen LogP contribution in [0.3, 0.4) is 0 Å². The molecule has 0 aromatic rings. The first kappa shape index (κ1) is 17.4. The molecule has 0 heterocycles. The Morgan fingerprint density at radius 3 is 1.89 bits per heavy atom. The first-order valence-electron chi connectivity index (χ1n) is 6.68. The summed E-state index contributed by atoms with van der Waals surface area (Å²) < 4.78 is 23.7. The zero-order valence-corrected chi connectivity index (χ0v) is 12.0. The van der Waals surface area contributed by atoms with Gasteiger partial charge in [0.05, 0.1) is 0 Å². The van der Waals surface area contributed by atoms with E-state index in [1.807, 2.05) is 0 Å². The van der Waals surface area contributed by atoms with E-state index in [4.69, 9.17) is 0 Å². The summed E-state index contributed by atoms with van der Waals surface area (Å²) in [6.07, 6.45) is 10.6. The Labute approximate surface area is 111 Å². The summed E-state index contributed by atoms with van der Waals surface area (Å²) in [7, 11) is -3.11. The molecular weight excluding hydrogens is 256 g/mol. The van der Waals surface area contributed by atoms with Crippen LogP contribution < -0.4 is 0 Å². The van der Waals surface area contributed by atoms with Crippen molar-refractivity contribution in [2.75, 3.05) is 0 Å². The number of thiol groups is 1. The van der Waals surface area contributed by atoms with Gasteiger partial charge in [-0.1, -0.05) is 62.6 Å². The van der Waals surface area contributed by atoms with Crippen LogP contribution in [0.15, 0.2) is 0 Å². The Morgan fingerprint density at radius 1 is 0.889 bits per heavy atom. The fourth-order valence-corrected chi connectivity index (χ4v) is 1.84. The molecule has 5 nitrogen and oxygen atoms in total. The standard InChI is InChI=1S/C12H24O5S/c1-2-3-4-5-6-7-8-9-10-11-12(13)16-17-18(14)15/h18H,2-11H2,1H3. The molecule has 0 spiro atoms. The molecule has 0 atom stereocenters. The van der Waals surface area contributed by atoms with E-state index in [0.717, 1.165) is 12.8 Å². The second-order valence-corrected chi connectivity index (χ2v) is 4.93. The SMILES string of the molecule is CCCCCCCCCCCC(=O)OO[SH](=O)=O. The number of carbonyl (C=O) groups is 1. The van der Waals surface area contributed by atoms with Gasteiger partial charge in [0.1, 0.15) is 0 Å². The highest BCUT2D eigenvalue weighted by atomic mass is 32.2. The van der Waals surface area contributed by atoms with Crippen molar-refractivity contribution in [3.05, 3.63) is 0 Å². The van der Waals surface area contributed by atoms with Crippen molar-refractivity contribution in [3.63, 3.8) is 0 Å². The third kappa shape index (κ3) is 13.4. The van der Waals surface area contributed by atoms with Crippen molar-refractivity contribution in [3.8, 4) is 0 Å². The molecule has 108 valence electrons. The van der Waals surface area contributed by atoms with Crippen LogP contribution >= 0.6 is 0 Å². The van der Waals surface area contributed by atoms with Crippen LogP contribution in [0.2, 0.25) is 0 Å². The van der Waals surface area contributed by atoms with Gasteiger partial charge in [0.25, 0.3) is 11.0 Å². The van der Waals surface area contributed by atoms with E-state index in [2.05, 4.69) is 16.1 Å². The molecule has 0 fully saturated rings. The molecule has 0 aromatic heterocycles. The molecule has 0 aliphatic rings. The van der Waals surface area contributed by atoms with Crippen LogP contribution in [0.4, 0.5) is 0 Å². The van der Waals surface area contributed by atoms with Gasteiger partial charge >= 0.3 is 5.97 Å². The molecule has 0 rings (SSSR count). The lowest BCUT2D eigenvalue weighted by Crippen LogP contribution is -2.04. The maximum atomic E-state index is 10.9. The van der Waals surface area contributed by atoms with Gasteiger partial charge in [-0.2, -0.15) is 8.42 Å². The van der Waals surface area contributed by atoms with Crippen LogP contribution in [-0.4, -0.2) is 14.4 Å². The molecule has 0 unspecified atom stereocenters. The summed E-state index contributed by atoms with van der Waals surface area (Å²) in [5.41, 5.74) is 0. The largest absolute Gasteiger partial charge is 0.343 e. The maximum absolute atomic E-state index is 10.9. The monoisotopic (exact) mass is 280 g/mol. The van der Waals surface area contributed by atoms with Gasteiger partial charge in [-0.15, -0.1) is 0 Å². The Hall–Kier alpha value is -0.620. The molecule has 0 radical (unpaired) electrons. The lowest BCUT2D eigenvalue weighted by Gasteiger charge is -2.01. The fraction of sp³-hybridized carbons (Fsp3) is 0.917. The molecule has 0 aliphatic carbocycles. The normalized spacial score (nSPS) is 10.8. The predicted molar refractivity (Wildman–Crippen MR) is 69.3 cm³/mol. The van der Waals surface area contributed by atoms with Gasteiger partial charge in [0, 0.05) is 6.42 Å². The molecule has 0 aliphatic heterocycles. The van der Waals surface area contributed by atoms with E-state index >= 15 is 0 Å². The number of hydrogen-bond donors (Lipinski definition) is 1. The lowest BCUT2D eigenvalue weighted by molar-refractivity contribution is -0.209. The molecule has 6 heteroatoms. The van der Waals surface area contributed by atoms with Crippen molar-refractivity contribution >= 4 is 17.0 Å². The lowest BCUT2D eigenvalue weighted by atomic mass is 10.1. The zero-order chi connectivity index (χ0) is 13.6. The van der Waals surface area contributed by atoms with Gasteiger partial charge in [0.2, 0.25) is 0 Å². The van der Waals surface area contributed by atoms with Crippen molar-refractivity contribution in [2.24, 2.45) is 0 Å². The van der Waals surface area contributed by atoms with Crippen LogP contribution in [-0.2, 0) is 25.0 Å². The maximum Gasteiger partial charge on any atom is 0.343 e. The summed E-state index contributed by atoms with van der Waals surface area (Å²) in [6, 6.07) is 0. The summed E-state index contributed by atoms with van der Waals surface area (Å²) >= 11 is 0. The molecule has 0 N–H and O–H groups in total. The highest BCUT2D eigenvalue weighted by Gasteiger charge is 2.04. The Kier molecular flexibility index (Phi) is 12.4. The number of carbonyl (C=O) groups excluding carboxylic acids is 1. The third-order valence-corrected chi connectivity index (χ3v) is 2.87. The van der Waals surface area contributed by atoms with E-state index in [0.29, 0.717) is 6.42 Å². The van der Waals surface area contributed by atoms with E-state index in [1.165, 1.54) is 38.5 Å². The number of hydrogen-bond acceptors (Lipinski definition) is 5. The molecular formula is C12H24O5S. The molecule has 0 saturated heterocycles. The highest BCUT2D eigenvalue weighted by Crippen LogP contribution is 2.10. The molecule has 18 heavy (non-hydrogen) atoms. The van der Waals surface area contributed by atoms with Gasteiger partial charge in [-0.3, -0.25) is 4.89 Å². The van der Waals surface area contributed by atoms with Gasteiger partial charge in [-0.25, -0.2) is 4.79 Å². The smallest absolute Gasteiger partial charge is 0.282 e.